The van der Waals surface area contributed by atoms with Crippen LogP contribution < -0.4 is 4.74 Å². The van der Waals surface area contributed by atoms with Crippen molar-refractivity contribution in [1.29, 1.82) is 0 Å². The Labute approximate surface area is 143 Å². The molecule has 0 aliphatic carbocycles. The second-order valence-electron chi connectivity index (χ2n) is 5.02. The predicted octanol–water partition coefficient (Wildman–Crippen LogP) is 4.46. The van der Waals surface area contributed by atoms with Gasteiger partial charge in [0.1, 0.15) is 12.4 Å². The fraction of sp³-hybridized carbons (Fsp3) is 0.211. The molecule has 0 saturated carbocycles. The first-order valence-electron chi connectivity index (χ1n) is 7.46. The lowest BCUT2D eigenvalue weighted by Crippen LogP contribution is -2.17. The van der Waals surface area contributed by atoms with Gasteiger partial charge in [-0.3, -0.25) is 4.79 Å². The molecular weight excluding hydrogens is 333 g/mol. The molecule has 25 heavy (non-hydrogen) atoms. The first-order chi connectivity index (χ1) is 11.9. The second-order valence-corrected chi connectivity index (χ2v) is 5.02. The number of alkyl halides is 3. The van der Waals surface area contributed by atoms with Crippen molar-refractivity contribution in [2.45, 2.75) is 25.8 Å². The van der Waals surface area contributed by atoms with Crippen LogP contribution in [0.25, 0.3) is 0 Å². The second kappa shape index (κ2) is 8.78. The molecule has 0 saturated heterocycles. The molecule has 0 N–H and O–H groups in total. The Hall–Kier alpha value is -2.94. The molecule has 0 atom stereocenters. The fourth-order valence-electron chi connectivity index (χ4n) is 1.91. The largest absolute Gasteiger partial charge is 0.573 e. The van der Waals surface area contributed by atoms with Gasteiger partial charge in [0, 0.05) is 12.0 Å². The molecular formula is C19H15F3O3. The van der Waals surface area contributed by atoms with Crippen molar-refractivity contribution < 1.29 is 27.4 Å². The monoisotopic (exact) mass is 348 g/mol. The Morgan fingerprint density at radius 2 is 1.80 bits per heavy atom. The quantitative estimate of drug-likeness (QED) is 0.591. The Morgan fingerprint density at radius 1 is 1.04 bits per heavy atom. The van der Waals surface area contributed by atoms with E-state index in [4.69, 9.17) is 4.74 Å². The minimum Gasteiger partial charge on any atom is -0.461 e. The summed E-state index contributed by atoms with van der Waals surface area (Å²) in [6.45, 7) is 0.198. The summed E-state index contributed by atoms with van der Waals surface area (Å²) in [5.41, 5.74) is 1.27. The van der Waals surface area contributed by atoms with Gasteiger partial charge in [-0.25, -0.2) is 0 Å². The SMILES string of the molecule is O=C(CCC#Cc1cccc(OC(F)(F)F)c1)OCc1ccccc1. The van der Waals surface area contributed by atoms with Gasteiger partial charge in [-0.05, 0) is 23.8 Å². The van der Waals surface area contributed by atoms with Gasteiger partial charge in [0.15, 0.2) is 0 Å². The minimum absolute atomic E-state index is 0.110. The zero-order valence-electron chi connectivity index (χ0n) is 13.2. The van der Waals surface area contributed by atoms with Gasteiger partial charge in [-0.1, -0.05) is 48.2 Å². The topological polar surface area (TPSA) is 35.5 Å². The van der Waals surface area contributed by atoms with E-state index in [0.29, 0.717) is 5.56 Å². The highest BCUT2D eigenvalue weighted by Crippen LogP contribution is 2.23. The summed E-state index contributed by atoms with van der Waals surface area (Å²) in [4.78, 5) is 11.6. The molecule has 0 aliphatic rings. The van der Waals surface area contributed by atoms with Crippen LogP contribution in [0, 0.1) is 11.8 Å². The molecule has 6 heteroatoms. The van der Waals surface area contributed by atoms with E-state index in [1.165, 1.54) is 18.2 Å². The summed E-state index contributed by atoms with van der Waals surface area (Å²) < 4.78 is 45.4. The molecule has 2 rings (SSSR count). The number of hydrogen-bond acceptors (Lipinski definition) is 3. The molecule has 2 aromatic rings. The van der Waals surface area contributed by atoms with Crippen molar-refractivity contribution in [2.24, 2.45) is 0 Å². The highest BCUT2D eigenvalue weighted by molar-refractivity contribution is 5.69. The van der Waals surface area contributed by atoms with Gasteiger partial charge in [0.25, 0.3) is 0 Å². The Balaban J connectivity index is 1.78. The number of benzene rings is 2. The third-order valence-corrected chi connectivity index (χ3v) is 3.00. The van der Waals surface area contributed by atoms with Crippen LogP contribution in [0.1, 0.15) is 24.0 Å². The van der Waals surface area contributed by atoms with E-state index < -0.39 is 6.36 Å². The molecule has 0 aromatic heterocycles. The molecule has 0 radical (unpaired) electrons. The summed E-state index contributed by atoms with van der Waals surface area (Å²) >= 11 is 0. The van der Waals surface area contributed by atoms with E-state index >= 15 is 0 Å². The fourth-order valence-corrected chi connectivity index (χ4v) is 1.91. The Kier molecular flexibility index (Phi) is 6.47. The zero-order valence-corrected chi connectivity index (χ0v) is 13.2. The van der Waals surface area contributed by atoms with E-state index in [-0.39, 0.29) is 31.2 Å². The van der Waals surface area contributed by atoms with Crippen LogP contribution in [0.15, 0.2) is 54.6 Å². The van der Waals surface area contributed by atoms with Gasteiger partial charge in [0.2, 0.25) is 0 Å². The summed E-state index contributed by atoms with van der Waals surface area (Å²) in [5, 5.41) is 0. The normalized spacial score (nSPS) is 10.5. The Bertz CT molecular complexity index is 759. The Morgan fingerprint density at radius 3 is 2.52 bits per heavy atom. The number of halogens is 3. The lowest BCUT2D eigenvalue weighted by molar-refractivity contribution is -0.274. The standard InChI is InChI=1S/C19H15F3O3/c20-19(21,22)25-17-11-6-10-15(13-17)7-4-5-12-18(23)24-14-16-8-2-1-3-9-16/h1-3,6,8-11,13H,5,12,14H2. The van der Waals surface area contributed by atoms with Crippen molar-refractivity contribution >= 4 is 5.97 Å². The number of ether oxygens (including phenoxy) is 2. The van der Waals surface area contributed by atoms with Crippen LogP contribution >= 0.6 is 0 Å². The van der Waals surface area contributed by atoms with Crippen LogP contribution in [0.3, 0.4) is 0 Å². The van der Waals surface area contributed by atoms with Crippen molar-refractivity contribution in [1.82, 2.24) is 0 Å². The lowest BCUT2D eigenvalue weighted by Gasteiger charge is -2.08. The average Bonchev–Trinajstić information content (AvgIpc) is 2.57. The van der Waals surface area contributed by atoms with E-state index in [2.05, 4.69) is 16.6 Å². The van der Waals surface area contributed by atoms with Crippen LogP contribution in [-0.4, -0.2) is 12.3 Å². The summed E-state index contributed by atoms with van der Waals surface area (Å²) in [5.74, 6) is 4.71. The highest BCUT2D eigenvalue weighted by Gasteiger charge is 2.31. The van der Waals surface area contributed by atoms with E-state index in [0.717, 1.165) is 5.56 Å². The average molecular weight is 348 g/mol. The number of rotatable bonds is 5. The maximum absolute atomic E-state index is 12.2. The molecule has 0 unspecified atom stereocenters. The minimum atomic E-state index is -4.74. The van der Waals surface area contributed by atoms with Gasteiger partial charge in [-0.15, -0.1) is 13.2 Å². The number of esters is 1. The first kappa shape index (κ1) is 18.4. The number of carbonyl (C=O) groups excluding carboxylic acids is 1. The van der Waals surface area contributed by atoms with Gasteiger partial charge in [0.05, 0.1) is 6.42 Å². The van der Waals surface area contributed by atoms with Crippen molar-refractivity contribution in [3.05, 3.63) is 65.7 Å². The molecule has 0 spiro atoms. The van der Waals surface area contributed by atoms with Crippen LogP contribution in [-0.2, 0) is 16.1 Å². The van der Waals surface area contributed by atoms with Gasteiger partial charge < -0.3 is 9.47 Å². The van der Waals surface area contributed by atoms with Crippen molar-refractivity contribution in [3.63, 3.8) is 0 Å². The van der Waals surface area contributed by atoms with E-state index in [9.17, 15) is 18.0 Å². The number of carbonyl (C=O) groups is 1. The van der Waals surface area contributed by atoms with Crippen LogP contribution in [0.2, 0.25) is 0 Å². The zero-order chi connectivity index (χ0) is 18.1. The smallest absolute Gasteiger partial charge is 0.461 e. The maximum atomic E-state index is 12.2. The summed E-state index contributed by atoms with van der Waals surface area (Å²) in [7, 11) is 0. The van der Waals surface area contributed by atoms with Crippen molar-refractivity contribution in [3.8, 4) is 17.6 Å². The molecule has 0 fully saturated rings. The van der Waals surface area contributed by atoms with Crippen molar-refractivity contribution in [2.75, 3.05) is 0 Å². The van der Waals surface area contributed by atoms with Crippen LogP contribution in [0.4, 0.5) is 13.2 Å². The summed E-state index contributed by atoms with van der Waals surface area (Å²) in [6, 6.07) is 14.6. The maximum Gasteiger partial charge on any atom is 0.573 e. The van der Waals surface area contributed by atoms with Crippen LogP contribution in [0.5, 0.6) is 5.75 Å². The van der Waals surface area contributed by atoms with E-state index in [1.807, 2.05) is 30.3 Å². The van der Waals surface area contributed by atoms with Gasteiger partial charge in [-0.2, -0.15) is 0 Å². The molecule has 130 valence electrons. The lowest BCUT2D eigenvalue weighted by atomic mass is 10.2. The molecule has 0 amide bonds. The van der Waals surface area contributed by atoms with E-state index in [1.54, 1.807) is 6.07 Å². The third kappa shape index (κ3) is 7.44. The molecule has 0 heterocycles. The third-order valence-electron chi connectivity index (χ3n) is 3.00. The molecule has 3 nitrogen and oxygen atoms in total. The first-order valence-corrected chi connectivity index (χ1v) is 7.46. The molecule has 0 bridgehead atoms. The molecule has 0 aliphatic heterocycles. The predicted molar refractivity (Wildman–Crippen MR) is 85.5 cm³/mol. The van der Waals surface area contributed by atoms with Gasteiger partial charge >= 0.3 is 12.3 Å². The highest BCUT2D eigenvalue weighted by atomic mass is 19.4. The number of hydrogen-bond donors (Lipinski definition) is 0. The molecule has 2 aromatic carbocycles. The summed E-state index contributed by atoms with van der Waals surface area (Å²) in [6.07, 6.45) is -4.38.